The summed E-state index contributed by atoms with van der Waals surface area (Å²) in [6.45, 7) is 9.59. The Bertz CT molecular complexity index is 340. The van der Waals surface area contributed by atoms with E-state index in [1.165, 1.54) is 0 Å². The minimum Gasteiger partial charge on any atom is -0.504 e. The van der Waals surface area contributed by atoms with Crippen molar-refractivity contribution in [2.45, 2.75) is 26.4 Å². The van der Waals surface area contributed by atoms with Crippen LogP contribution in [-0.4, -0.2) is 10.7 Å². The summed E-state index contributed by atoms with van der Waals surface area (Å²) in [6.07, 6.45) is 0. The number of hydrogen-bond donors (Lipinski definition) is 1. The molecule has 2 heteroatoms. The summed E-state index contributed by atoms with van der Waals surface area (Å²) in [7, 11) is 0. The Morgan fingerprint density at radius 3 is 2.43 bits per heavy atom. The molecule has 0 spiro atoms. The summed E-state index contributed by atoms with van der Waals surface area (Å²) in [5.74, 6) is 0.641. The molecule has 0 aromatic heterocycles. The largest absolute Gasteiger partial charge is 0.504 e. The van der Waals surface area contributed by atoms with Crippen LogP contribution in [0.15, 0.2) is 36.4 Å². The summed E-state index contributed by atoms with van der Waals surface area (Å²) in [4.78, 5) is 0. The lowest BCUT2D eigenvalue weighted by Crippen LogP contribution is -2.29. The van der Waals surface area contributed by atoms with Crippen molar-refractivity contribution < 1.29 is 9.84 Å². The van der Waals surface area contributed by atoms with Gasteiger partial charge in [0, 0.05) is 0 Å². The maximum atomic E-state index is 9.50. The van der Waals surface area contributed by atoms with Crippen LogP contribution in [0.5, 0.6) is 11.5 Å². The van der Waals surface area contributed by atoms with E-state index in [0.29, 0.717) is 5.75 Å². The average molecular weight is 192 g/mol. The first kappa shape index (κ1) is 10.6. The van der Waals surface area contributed by atoms with Gasteiger partial charge in [0.05, 0.1) is 0 Å². The van der Waals surface area contributed by atoms with Crippen LogP contribution in [-0.2, 0) is 0 Å². The maximum absolute atomic E-state index is 9.50. The van der Waals surface area contributed by atoms with Gasteiger partial charge in [0.2, 0.25) is 0 Å². The lowest BCUT2D eigenvalue weighted by Gasteiger charge is -2.27. The quantitative estimate of drug-likeness (QED) is 0.745. The number of aromatic hydroxyl groups is 1. The zero-order valence-corrected chi connectivity index (χ0v) is 8.87. The molecule has 0 saturated heterocycles. The third kappa shape index (κ3) is 2.28. The summed E-state index contributed by atoms with van der Waals surface area (Å²) >= 11 is 0. The van der Waals surface area contributed by atoms with E-state index in [1.54, 1.807) is 18.2 Å². The number of phenolic OH excluding ortho intramolecular Hbond substituents is 1. The van der Waals surface area contributed by atoms with Gasteiger partial charge >= 0.3 is 0 Å². The number of hydrogen-bond acceptors (Lipinski definition) is 2. The normalized spacial score (nSPS) is 11.1. The predicted octanol–water partition coefficient (Wildman–Crippen LogP) is 3.13. The Kier molecular flexibility index (Phi) is 2.84. The molecular formula is C12H16O2. The van der Waals surface area contributed by atoms with Crippen LogP contribution < -0.4 is 4.74 Å². The molecule has 1 N–H and O–H groups in total. The van der Waals surface area contributed by atoms with Gasteiger partial charge in [0.15, 0.2) is 11.5 Å². The van der Waals surface area contributed by atoms with E-state index in [2.05, 4.69) is 6.58 Å². The minimum atomic E-state index is -0.459. The van der Waals surface area contributed by atoms with E-state index in [9.17, 15) is 5.11 Å². The van der Waals surface area contributed by atoms with Crippen molar-refractivity contribution in [1.82, 2.24) is 0 Å². The second kappa shape index (κ2) is 3.74. The van der Waals surface area contributed by atoms with Crippen molar-refractivity contribution in [3.63, 3.8) is 0 Å². The Morgan fingerprint density at radius 2 is 1.93 bits per heavy atom. The molecule has 0 fully saturated rings. The lowest BCUT2D eigenvalue weighted by molar-refractivity contribution is 0.143. The van der Waals surface area contributed by atoms with E-state index in [-0.39, 0.29) is 5.75 Å². The molecule has 0 saturated carbocycles. The molecule has 0 bridgehead atoms. The van der Waals surface area contributed by atoms with Crippen LogP contribution in [0, 0.1) is 0 Å². The fourth-order valence-corrected chi connectivity index (χ4v) is 0.905. The van der Waals surface area contributed by atoms with E-state index in [4.69, 9.17) is 4.74 Å². The van der Waals surface area contributed by atoms with Crippen LogP contribution in [0.4, 0.5) is 0 Å². The molecule has 0 radical (unpaired) electrons. The van der Waals surface area contributed by atoms with Gasteiger partial charge in [-0.2, -0.15) is 0 Å². The van der Waals surface area contributed by atoms with E-state index in [1.807, 2.05) is 26.8 Å². The fraction of sp³-hybridized carbons (Fsp3) is 0.333. The molecule has 0 amide bonds. The zero-order chi connectivity index (χ0) is 10.8. The number of phenols is 1. The molecule has 0 atom stereocenters. The second-order valence-corrected chi connectivity index (χ2v) is 3.86. The topological polar surface area (TPSA) is 29.5 Å². The molecule has 1 aromatic rings. The third-order valence-corrected chi connectivity index (χ3v) is 2.26. The summed E-state index contributed by atoms with van der Waals surface area (Å²) in [5, 5.41) is 9.50. The van der Waals surface area contributed by atoms with Crippen LogP contribution in [0.1, 0.15) is 20.8 Å². The Balaban J connectivity index is 2.89. The first-order valence-corrected chi connectivity index (χ1v) is 4.56. The molecule has 14 heavy (non-hydrogen) atoms. The molecule has 1 rings (SSSR count). The Labute approximate surface area is 84.8 Å². The van der Waals surface area contributed by atoms with Crippen molar-refractivity contribution in [1.29, 1.82) is 0 Å². The van der Waals surface area contributed by atoms with Crippen LogP contribution in [0.3, 0.4) is 0 Å². The van der Waals surface area contributed by atoms with Crippen molar-refractivity contribution in [3.05, 3.63) is 36.4 Å². The fourth-order valence-electron chi connectivity index (χ4n) is 0.905. The predicted molar refractivity (Wildman–Crippen MR) is 57.6 cm³/mol. The molecule has 0 unspecified atom stereocenters. The van der Waals surface area contributed by atoms with Crippen LogP contribution >= 0.6 is 0 Å². The molecule has 2 nitrogen and oxygen atoms in total. The SMILES string of the molecule is C=C(C)C(C)(C)Oc1ccccc1O. The van der Waals surface area contributed by atoms with Gasteiger partial charge in [0.1, 0.15) is 5.60 Å². The lowest BCUT2D eigenvalue weighted by atomic mass is 10.0. The van der Waals surface area contributed by atoms with Gasteiger partial charge in [-0.15, -0.1) is 0 Å². The highest BCUT2D eigenvalue weighted by Gasteiger charge is 2.21. The van der Waals surface area contributed by atoms with Gasteiger partial charge in [-0.1, -0.05) is 18.7 Å². The monoisotopic (exact) mass is 192 g/mol. The van der Waals surface area contributed by atoms with E-state index < -0.39 is 5.60 Å². The number of benzene rings is 1. The molecule has 0 aliphatic carbocycles. The summed E-state index contributed by atoms with van der Waals surface area (Å²) in [5.41, 5.74) is 0.458. The smallest absolute Gasteiger partial charge is 0.162 e. The standard InChI is InChI=1S/C12H16O2/c1-9(2)12(3,4)14-11-8-6-5-7-10(11)13/h5-8,13H,1H2,2-4H3. The maximum Gasteiger partial charge on any atom is 0.162 e. The molecule has 1 aromatic carbocycles. The Hall–Kier alpha value is -1.44. The van der Waals surface area contributed by atoms with Crippen LogP contribution in [0.25, 0.3) is 0 Å². The van der Waals surface area contributed by atoms with Gasteiger partial charge < -0.3 is 9.84 Å². The number of rotatable bonds is 3. The van der Waals surface area contributed by atoms with Gasteiger partial charge in [0.25, 0.3) is 0 Å². The molecule has 0 heterocycles. The van der Waals surface area contributed by atoms with Crippen molar-refractivity contribution in [2.24, 2.45) is 0 Å². The number of para-hydroxylation sites is 2. The first-order valence-electron chi connectivity index (χ1n) is 4.56. The van der Waals surface area contributed by atoms with E-state index >= 15 is 0 Å². The van der Waals surface area contributed by atoms with Crippen molar-refractivity contribution in [3.8, 4) is 11.5 Å². The van der Waals surface area contributed by atoms with Crippen LogP contribution in [0.2, 0.25) is 0 Å². The average Bonchev–Trinajstić information content (AvgIpc) is 2.08. The van der Waals surface area contributed by atoms with Gasteiger partial charge in [-0.05, 0) is 38.5 Å². The highest BCUT2D eigenvalue weighted by Crippen LogP contribution is 2.30. The third-order valence-electron chi connectivity index (χ3n) is 2.26. The second-order valence-electron chi connectivity index (χ2n) is 3.86. The molecule has 0 aliphatic heterocycles. The minimum absolute atomic E-state index is 0.154. The highest BCUT2D eigenvalue weighted by atomic mass is 16.5. The van der Waals surface area contributed by atoms with E-state index in [0.717, 1.165) is 5.57 Å². The van der Waals surface area contributed by atoms with Crippen molar-refractivity contribution >= 4 is 0 Å². The zero-order valence-electron chi connectivity index (χ0n) is 8.87. The van der Waals surface area contributed by atoms with Gasteiger partial charge in [-0.3, -0.25) is 0 Å². The molecular weight excluding hydrogens is 176 g/mol. The first-order chi connectivity index (χ1) is 6.43. The Morgan fingerprint density at radius 1 is 1.36 bits per heavy atom. The summed E-state index contributed by atoms with van der Waals surface area (Å²) < 4.78 is 5.64. The number of ether oxygens (including phenoxy) is 1. The van der Waals surface area contributed by atoms with Gasteiger partial charge in [-0.25, -0.2) is 0 Å². The van der Waals surface area contributed by atoms with Crippen molar-refractivity contribution in [2.75, 3.05) is 0 Å². The highest BCUT2D eigenvalue weighted by molar-refractivity contribution is 5.39. The molecule has 0 aliphatic rings. The summed E-state index contributed by atoms with van der Waals surface area (Å²) in [6, 6.07) is 6.92. The molecule has 76 valence electrons.